The lowest BCUT2D eigenvalue weighted by molar-refractivity contribution is -0.385. The van der Waals surface area contributed by atoms with Gasteiger partial charge >= 0.3 is 5.97 Å². The summed E-state index contributed by atoms with van der Waals surface area (Å²) in [5.41, 5.74) is 0.599. The SMILES string of the molecule is O=C1OCC/C1=C\c1cc2c(cc1[N+](=O)[O-])OCO2. The summed E-state index contributed by atoms with van der Waals surface area (Å²) >= 11 is 0. The van der Waals surface area contributed by atoms with Crippen LogP contribution in [0.1, 0.15) is 12.0 Å². The summed E-state index contributed by atoms with van der Waals surface area (Å²) in [6.45, 7) is 0.345. The molecule has 0 unspecified atom stereocenters. The molecule has 0 saturated carbocycles. The van der Waals surface area contributed by atoms with E-state index in [1.807, 2.05) is 0 Å². The van der Waals surface area contributed by atoms with E-state index in [1.54, 1.807) is 0 Å². The number of nitrogens with zero attached hydrogens (tertiary/aromatic N) is 1. The fourth-order valence-corrected chi connectivity index (χ4v) is 1.99. The van der Waals surface area contributed by atoms with Gasteiger partial charge in [-0.2, -0.15) is 0 Å². The first-order valence-corrected chi connectivity index (χ1v) is 5.61. The van der Waals surface area contributed by atoms with Crippen molar-refractivity contribution in [3.05, 3.63) is 33.4 Å². The zero-order chi connectivity index (χ0) is 13.4. The van der Waals surface area contributed by atoms with Crippen molar-refractivity contribution in [1.82, 2.24) is 0 Å². The molecule has 0 aliphatic carbocycles. The number of rotatable bonds is 2. The summed E-state index contributed by atoms with van der Waals surface area (Å²) in [7, 11) is 0. The molecule has 1 fully saturated rings. The van der Waals surface area contributed by atoms with Gasteiger partial charge in [0.2, 0.25) is 6.79 Å². The Morgan fingerprint density at radius 2 is 1.95 bits per heavy atom. The van der Waals surface area contributed by atoms with Gasteiger partial charge < -0.3 is 14.2 Å². The minimum Gasteiger partial charge on any atom is -0.462 e. The first kappa shape index (κ1) is 11.5. The maximum Gasteiger partial charge on any atom is 0.334 e. The molecule has 0 bridgehead atoms. The predicted octanol–water partition coefficient (Wildman–Crippen LogP) is 1.65. The van der Waals surface area contributed by atoms with Crippen LogP contribution in [0.3, 0.4) is 0 Å². The number of nitro benzene ring substituents is 1. The molecule has 0 spiro atoms. The lowest BCUT2D eigenvalue weighted by atomic mass is 10.1. The number of benzene rings is 1. The Labute approximate surface area is 107 Å². The fourth-order valence-electron chi connectivity index (χ4n) is 1.99. The van der Waals surface area contributed by atoms with Crippen molar-refractivity contribution in [2.45, 2.75) is 6.42 Å². The van der Waals surface area contributed by atoms with E-state index in [9.17, 15) is 14.9 Å². The van der Waals surface area contributed by atoms with Crippen LogP contribution in [0.25, 0.3) is 6.08 Å². The highest BCUT2D eigenvalue weighted by Crippen LogP contribution is 2.39. The average Bonchev–Trinajstić information content (AvgIpc) is 2.97. The molecule has 19 heavy (non-hydrogen) atoms. The highest BCUT2D eigenvalue weighted by atomic mass is 16.7. The Hall–Kier alpha value is -2.57. The predicted molar refractivity (Wildman–Crippen MR) is 62.8 cm³/mol. The van der Waals surface area contributed by atoms with E-state index in [1.165, 1.54) is 18.2 Å². The molecule has 7 nitrogen and oxygen atoms in total. The van der Waals surface area contributed by atoms with E-state index in [4.69, 9.17) is 14.2 Å². The van der Waals surface area contributed by atoms with Crippen LogP contribution in [0.15, 0.2) is 17.7 Å². The van der Waals surface area contributed by atoms with E-state index in [2.05, 4.69) is 0 Å². The van der Waals surface area contributed by atoms with Crippen molar-refractivity contribution in [3.63, 3.8) is 0 Å². The maximum atomic E-state index is 11.4. The zero-order valence-corrected chi connectivity index (χ0v) is 9.75. The van der Waals surface area contributed by atoms with Crippen LogP contribution >= 0.6 is 0 Å². The van der Waals surface area contributed by atoms with Crippen LogP contribution in [0, 0.1) is 10.1 Å². The molecule has 3 rings (SSSR count). The smallest absolute Gasteiger partial charge is 0.334 e. The molecule has 0 aromatic heterocycles. The summed E-state index contributed by atoms with van der Waals surface area (Å²) in [4.78, 5) is 21.9. The summed E-state index contributed by atoms with van der Waals surface area (Å²) in [6.07, 6.45) is 1.92. The summed E-state index contributed by atoms with van der Waals surface area (Å²) < 4.78 is 15.1. The largest absolute Gasteiger partial charge is 0.462 e. The maximum absolute atomic E-state index is 11.4. The normalized spacial score (nSPS) is 18.7. The van der Waals surface area contributed by atoms with Crippen LogP contribution in [0.4, 0.5) is 5.69 Å². The van der Waals surface area contributed by atoms with Crippen molar-refractivity contribution in [2.24, 2.45) is 0 Å². The number of carbonyl (C=O) groups is 1. The van der Waals surface area contributed by atoms with Gasteiger partial charge in [-0.1, -0.05) is 0 Å². The van der Waals surface area contributed by atoms with Gasteiger partial charge in [-0.25, -0.2) is 4.79 Å². The van der Waals surface area contributed by atoms with Gasteiger partial charge in [-0.15, -0.1) is 0 Å². The number of hydrogen-bond acceptors (Lipinski definition) is 6. The van der Waals surface area contributed by atoms with Gasteiger partial charge in [0, 0.05) is 12.0 Å². The number of esters is 1. The number of hydrogen-bond donors (Lipinski definition) is 0. The fraction of sp³-hybridized carbons (Fsp3) is 0.250. The minimum absolute atomic E-state index is 0.0363. The van der Waals surface area contributed by atoms with Crippen molar-refractivity contribution in [3.8, 4) is 11.5 Å². The lowest BCUT2D eigenvalue weighted by Crippen LogP contribution is -1.96. The molecule has 0 atom stereocenters. The Kier molecular flexibility index (Phi) is 2.59. The monoisotopic (exact) mass is 263 g/mol. The molecule has 1 aromatic rings. The molecule has 1 saturated heterocycles. The van der Waals surface area contributed by atoms with Crippen molar-refractivity contribution in [1.29, 1.82) is 0 Å². The molecule has 7 heteroatoms. The highest BCUT2D eigenvalue weighted by molar-refractivity contribution is 5.96. The summed E-state index contributed by atoms with van der Waals surface area (Å²) in [5.74, 6) is 0.332. The van der Waals surface area contributed by atoms with E-state index in [-0.39, 0.29) is 12.5 Å². The molecule has 98 valence electrons. The minimum atomic E-state index is -0.519. The number of cyclic esters (lactones) is 1. The highest BCUT2D eigenvalue weighted by Gasteiger charge is 2.25. The lowest BCUT2D eigenvalue weighted by Gasteiger charge is -2.01. The zero-order valence-electron chi connectivity index (χ0n) is 9.75. The van der Waals surface area contributed by atoms with Crippen molar-refractivity contribution < 1.29 is 23.9 Å². The van der Waals surface area contributed by atoms with Crippen LogP contribution in [0.2, 0.25) is 0 Å². The van der Waals surface area contributed by atoms with Gasteiger partial charge in [-0.05, 0) is 12.1 Å². The number of ether oxygens (including phenoxy) is 3. The average molecular weight is 263 g/mol. The molecular weight excluding hydrogens is 254 g/mol. The first-order valence-electron chi connectivity index (χ1n) is 5.61. The van der Waals surface area contributed by atoms with E-state index < -0.39 is 10.9 Å². The molecule has 0 amide bonds. The molecule has 0 radical (unpaired) electrons. The van der Waals surface area contributed by atoms with Crippen LogP contribution in [-0.2, 0) is 9.53 Å². The van der Waals surface area contributed by atoms with Gasteiger partial charge in [0.25, 0.3) is 5.69 Å². The van der Waals surface area contributed by atoms with E-state index >= 15 is 0 Å². The van der Waals surface area contributed by atoms with Gasteiger partial charge in [0.15, 0.2) is 11.5 Å². The molecule has 2 aliphatic rings. The topological polar surface area (TPSA) is 87.9 Å². The van der Waals surface area contributed by atoms with Gasteiger partial charge in [-0.3, -0.25) is 10.1 Å². The quantitative estimate of drug-likeness (QED) is 0.349. The second-order valence-corrected chi connectivity index (χ2v) is 4.08. The Balaban J connectivity index is 2.09. The third kappa shape index (κ3) is 1.99. The summed E-state index contributed by atoms with van der Waals surface area (Å²) in [5, 5.41) is 11.0. The number of carbonyl (C=O) groups excluding carboxylic acids is 1. The first-order chi connectivity index (χ1) is 9.15. The van der Waals surface area contributed by atoms with E-state index in [0.717, 1.165) is 0 Å². The molecule has 1 aromatic carbocycles. The standard InChI is InChI=1S/C12H9NO6/c14-12-7(1-2-17-12)3-8-4-10-11(19-6-18-10)5-9(8)13(15)16/h3-5H,1-2,6H2/b7-3+. The van der Waals surface area contributed by atoms with E-state index in [0.29, 0.717) is 35.7 Å². The summed E-state index contributed by atoms with van der Waals surface area (Å²) in [6, 6.07) is 2.80. The van der Waals surface area contributed by atoms with Crippen LogP contribution in [-0.4, -0.2) is 24.3 Å². The third-order valence-corrected chi connectivity index (χ3v) is 2.92. The molecule has 2 aliphatic heterocycles. The second-order valence-electron chi connectivity index (χ2n) is 4.08. The number of nitro groups is 1. The van der Waals surface area contributed by atoms with Crippen LogP contribution < -0.4 is 9.47 Å². The van der Waals surface area contributed by atoms with Gasteiger partial charge in [0.1, 0.15) is 0 Å². The van der Waals surface area contributed by atoms with Gasteiger partial charge in [0.05, 0.1) is 23.2 Å². The molecule has 0 N–H and O–H groups in total. The van der Waals surface area contributed by atoms with Crippen LogP contribution in [0.5, 0.6) is 11.5 Å². The van der Waals surface area contributed by atoms with Crippen molar-refractivity contribution in [2.75, 3.05) is 13.4 Å². The Bertz CT molecular complexity index is 606. The third-order valence-electron chi connectivity index (χ3n) is 2.92. The molecular formula is C12H9NO6. The number of fused-ring (bicyclic) bond motifs is 1. The Morgan fingerprint density at radius 1 is 1.21 bits per heavy atom. The second kappa shape index (κ2) is 4.27. The Morgan fingerprint density at radius 3 is 2.58 bits per heavy atom. The molecule has 2 heterocycles. The van der Waals surface area contributed by atoms with Crippen molar-refractivity contribution >= 4 is 17.7 Å².